The van der Waals surface area contributed by atoms with Gasteiger partial charge in [0, 0.05) is 5.38 Å². The lowest BCUT2D eigenvalue weighted by Gasteiger charge is -2.07. The summed E-state index contributed by atoms with van der Waals surface area (Å²) in [5.41, 5.74) is 1.32. The number of halogens is 2. The quantitative estimate of drug-likeness (QED) is 0.730. The number of aryl methyl sites for hydroxylation is 1. The van der Waals surface area contributed by atoms with E-state index in [4.69, 9.17) is 16.3 Å². The first-order valence-corrected chi connectivity index (χ1v) is 6.33. The van der Waals surface area contributed by atoms with Crippen LogP contribution in [0.4, 0.5) is 0 Å². The molecule has 1 unspecified atom stereocenters. The highest BCUT2D eigenvalue weighted by molar-refractivity contribution is 9.10. The van der Waals surface area contributed by atoms with Crippen LogP contribution in [0.5, 0.6) is 5.75 Å². The maximum atomic E-state index is 5.89. The average Bonchev–Trinajstić information content (AvgIpc) is 2.17. The van der Waals surface area contributed by atoms with Crippen LogP contribution in [0.3, 0.4) is 0 Å². The molecule has 15 heavy (non-hydrogen) atoms. The van der Waals surface area contributed by atoms with Crippen molar-refractivity contribution >= 4 is 27.5 Å². The van der Waals surface area contributed by atoms with Gasteiger partial charge in [-0.25, -0.2) is 0 Å². The molecule has 0 fully saturated rings. The van der Waals surface area contributed by atoms with Gasteiger partial charge in [0.2, 0.25) is 0 Å². The maximum absolute atomic E-state index is 5.89. The molecule has 0 saturated carbocycles. The molecule has 1 atom stereocenters. The smallest absolute Gasteiger partial charge is 0.133 e. The van der Waals surface area contributed by atoms with Crippen molar-refractivity contribution in [2.75, 3.05) is 7.11 Å². The minimum absolute atomic E-state index is 0.270. The Morgan fingerprint density at radius 2 is 2.20 bits per heavy atom. The fourth-order valence-corrected chi connectivity index (χ4v) is 2.20. The summed E-state index contributed by atoms with van der Waals surface area (Å²) in [5.74, 6) is 0.879. The second-order valence-electron chi connectivity index (χ2n) is 3.64. The zero-order valence-electron chi connectivity index (χ0n) is 9.09. The van der Waals surface area contributed by atoms with Gasteiger partial charge < -0.3 is 4.74 Å². The van der Waals surface area contributed by atoms with E-state index < -0.39 is 0 Å². The van der Waals surface area contributed by atoms with E-state index in [2.05, 4.69) is 28.1 Å². The summed E-state index contributed by atoms with van der Waals surface area (Å²) in [7, 11) is 1.68. The molecule has 1 aromatic rings. The zero-order chi connectivity index (χ0) is 11.3. The van der Waals surface area contributed by atoms with Crippen molar-refractivity contribution in [2.45, 2.75) is 31.6 Å². The third-order valence-electron chi connectivity index (χ3n) is 2.28. The third-order valence-corrected chi connectivity index (χ3v) is 3.12. The molecule has 0 aromatic heterocycles. The molecule has 0 heterocycles. The third kappa shape index (κ3) is 4.43. The molecule has 84 valence electrons. The first-order chi connectivity index (χ1) is 7.13. The molecule has 0 saturated heterocycles. The Kier molecular flexibility index (Phi) is 5.48. The number of ether oxygens (including phenoxy) is 1. The highest BCUT2D eigenvalue weighted by Gasteiger charge is 2.02. The molecule has 0 aliphatic rings. The molecule has 1 aromatic carbocycles. The van der Waals surface area contributed by atoms with E-state index in [9.17, 15) is 0 Å². The van der Waals surface area contributed by atoms with Gasteiger partial charge in [0.05, 0.1) is 11.6 Å². The number of benzene rings is 1. The number of hydrogen-bond donors (Lipinski definition) is 0. The molecular formula is C12H16BrClO. The summed E-state index contributed by atoms with van der Waals surface area (Å²) in [6, 6.07) is 6.20. The van der Waals surface area contributed by atoms with Crippen LogP contribution >= 0.6 is 27.5 Å². The lowest BCUT2D eigenvalue weighted by Crippen LogP contribution is -1.93. The molecule has 0 aliphatic heterocycles. The molecule has 0 radical (unpaired) electrons. The van der Waals surface area contributed by atoms with E-state index in [1.165, 1.54) is 5.56 Å². The van der Waals surface area contributed by atoms with Gasteiger partial charge in [-0.15, -0.1) is 11.6 Å². The van der Waals surface area contributed by atoms with Crippen molar-refractivity contribution in [3.05, 3.63) is 28.2 Å². The number of rotatable bonds is 5. The van der Waals surface area contributed by atoms with Gasteiger partial charge >= 0.3 is 0 Å². The zero-order valence-corrected chi connectivity index (χ0v) is 11.4. The van der Waals surface area contributed by atoms with E-state index >= 15 is 0 Å². The molecule has 0 spiro atoms. The Hall–Kier alpha value is -0.210. The summed E-state index contributed by atoms with van der Waals surface area (Å²) in [6.45, 7) is 2.03. The molecule has 1 nitrogen and oxygen atoms in total. The van der Waals surface area contributed by atoms with E-state index in [-0.39, 0.29) is 5.38 Å². The second kappa shape index (κ2) is 6.39. The summed E-state index contributed by atoms with van der Waals surface area (Å²) >= 11 is 9.37. The predicted octanol–water partition coefficient (Wildman–Crippen LogP) is 4.41. The maximum Gasteiger partial charge on any atom is 0.133 e. The predicted molar refractivity (Wildman–Crippen MR) is 68.9 cm³/mol. The summed E-state index contributed by atoms with van der Waals surface area (Å²) in [4.78, 5) is 0. The summed E-state index contributed by atoms with van der Waals surface area (Å²) in [6.07, 6.45) is 3.26. The first-order valence-electron chi connectivity index (χ1n) is 5.10. The van der Waals surface area contributed by atoms with Gasteiger partial charge in [-0.3, -0.25) is 0 Å². The molecule has 0 bridgehead atoms. The first kappa shape index (κ1) is 12.9. The standard InChI is InChI=1S/C12H16BrClO/c1-9(14)4-3-5-10-6-7-12(15-2)11(13)8-10/h6-9H,3-5H2,1-2H3. The number of methoxy groups -OCH3 is 1. The lowest BCUT2D eigenvalue weighted by atomic mass is 10.1. The van der Waals surface area contributed by atoms with Crippen LogP contribution in [0.2, 0.25) is 0 Å². The lowest BCUT2D eigenvalue weighted by molar-refractivity contribution is 0.412. The highest BCUT2D eigenvalue weighted by atomic mass is 79.9. The Morgan fingerprint density at radius 3 is 2.73 bits per heavy atom. The molecule has 0 N–H and O–H groups in total. The van der Waals surface area contributed by atoms with Crippen LogP contribution in [0, 0.1) is 0 Å². The topological polar surface area (TPSA) is 9.23 Å². The van der Waals surface area contributed by atoms with Gasteiger partial charge in [0.15, 0.2) is 0 Å². The molecule has 0 amide bonds. The minimum Gasteiger partial charge on any atom is -0.496 e. The van der Waals surface area contributed by atoms with Gasteiger partial charge in [0.1, 0.15) is 5.75 Å². The van der Waals surface area contributed by atoms with Crippen molar-refractivity contribution in [1.29, 1.82) is 0 Å². The van der Waals surface area contributed by atoms with E-state index in [1.54, 1.807) is 7.11 Å². The van der Waals surface area contributed by atoms with Crippen molar-refractivity contribution in [2.24, 2.45) is 0 Å². The largest absolute Gasteiger partial charge is 0.496 e. The van der Waals surface area contributed by atoms with Crippen molar-refractivity contribution in [1.82, 2.24) is 0 Å². The van der Waals surface area contributed by atoms with Crippen molar-refractivity contribution < 1.29 is 4.74 Å². The SMILES string of the molecule is COc1ccc(CCCC(C)Cl)cc1Br. The van der Waals surface area contributed by atoms with Crippen molar-refractivity contribution in [3.8, 4) is 5.75 Å². The Balaban J connectivity index is 2.52. The minimum atomic E-state index is 0.270. The van der Waals surface area contributed by atoms with Crippen LogP contribution in [0.25, 0.3) is 0 Å². The fourth-order valence-electron chi connectivity index (χ4n) is 1.45. The van der Waals surface area contributed by atoms with Crippen molar-refractivity contribution in [3.63, 3.8) is 0 Å². The Bertz CT molecular complexity index is 312. The van der Waals surface area contributed by atoms with Crippen LogP contribution < -0.4 is 4.74 Å². The number of alkyl halides is 1. The van der Waals surface area contributed by atoms with E-state index in [0.717, 1.165) is 29.5 Å². The highest BCUT2D eigenvalue weighted by Crippen LogP contribution is 2.26. The summed E-state index contributed by atoms with van der Waals surface area (Å²) in [5, 5.41) is 0.270. The van der Waals surface area contributed by atoms with E-state index in [1.807, 2.05) is 13.0 Å². The van der Waals surface area contributed by atoms with E-state index in [0.29, 0.717) is 0 Å². The van der Waals surface area contributed by atoms with Gasteiger partial charge in [0.25, 0.3) is 0 Å². The average molecular weight is 292 g/mol. The van der Waals surface area contributed by atoms with Gasteiger partial charge in [-0.2, -0.15) is 0 Å². The normalized spacial score (nSPS) is 12.5. The molecule has 0 aliphatic carbocycles. The summed E-state index contributed by atoms with van der Waals surface area (Å²) < 4.78 is 6.19. The molecule has 1 rings (SSSR count). The Morgan fingerprint density at radius 1 is 1.47 bits per heavy atom. The fraction of sp³-hybridized carbons (Fsp3) is 0.500. The monoisotopic (exact) mass is 290 g/mol. The second-order valence-corrected chi connectivity index (χ2v) is 5.24. The van der Waals surface area contributed by atoms with Crippen LogP contribution in [-0.2, 0) is 6.42 Å². The number of hydrogen-bond acceptors (Lipinski definition) is 1. The van der Waals surface area contributed by atoms with Crippen LogP contribution in [-0.4, -0.2) is 12.5 Å². The molecular weight excluding hydrogens is 275 g/mol. The van der Waals surface area contributed by atoms with Gasteiger partial charge in [-0.1, -0.05) is 6.07 Å². The van der Waals surface area contributed by atoms with Gasteiger partial charge in [-0.05, 0) is 59.8 Å². The molecule has 3 heteroatoms. The van der Waals surface area contributed by atoms with Crippen LogP contribution in [0.1, 0.15) is 25.3 Å². The Labute approximate surface area is 105 Å². The van der Waals surface area contributed by atoms with Crippen LogP contribution in [0.15, 0.2) is 22.7 Å².